The Labute approximate surface area is 104 Å². The summed E-state index contributed by atoms with van der Waals surface area (Å²) in [5.41, 5.74) is 5.82. The Kier molecular flexibility index (Phi) is 7.21. The highest BCUT2D eigenvalue weighted by atomic mass is 16.5. The number of hydrogen-bond acceptors (Lipinski definition) is 3. The Morgan fingerprint density at radius 1 is 1.29 bits per heavy atom. The highest BCUT2D eigenvalue weighted by Crippen LogP contribution is 2.22. The van der Waals surface area contributed by atoms with E-state index in [4.69, 9.17) is 10.5 Å². The second-order valence-corrected chi connectivity index (χ2v) is 4.87. The van der Waals surface area contributed by atoms with Crippen LogP contribution in [0, 0.1) is 5.92 Å². The lowest BCUT2D eigenvalue weighted by Gasteiger charge is -2.25. The van der Waals surface area contributed by atoms with Crippen molar-refractivity contribution in [3.05, 3.63) is 0 Å². The maximum Gasteiger partial charge on any atom is 0.223 e. The first-order valence-electron chi connectivity index (χ1n) is 6.85. The fourth-order valence-electron chi connectivity index (χ4n) is 2.16. The number of ether oxygens (including phenoxy) is 1. The van der Waals surface area contributed by atoms with E-state index in [1.54, 1.807) is 0 Å². The maximum absolute atomic E-state index is 11.8. The standard InChI is InChI=1S/C13H26N2O2/c1-2-9-17-10-3-8-15-13(16)11-4-6-12(14)7-5-11/h11-12H,2-10,14H2,1H3,(H,15,16). The molecule has 0 heterocycles. The van der Waals surface area contributed by atoms with Gasteiger partial charge in [0.15, 0.2) is 0 Å². The molecule has 1 aliphatic rings. The van der Waals surface area contributed by atoms with Gasteiger partial charge in [-0.15, -0.1) is 0 Å². The summed E-state index contributed by atoms with van der Waals surface area (Å²) < 4.78 is 5.36. The molecule has 0 aromatic carbocycles. The molecule has 4 nitrogen and oxygen atoms in total. The molecule has 0 aliphatic heterocycles. The molecule has 0 atom stereocenters. The molecular formula is C13H26N2O2. The Balaban J connectivity index is 2.01. The lowest BCUT2D eigenvalue weighted by molar-refractivity contribution is -0.126. The third-order valence-corrected chi connectivity index (χ3v) is 3.26. The average molecular weight is 242 g/mol. The van der Waals surface area contributed by atoms with E-state index in [1.807, 2.05) is 0 Å². The molecule has 1 fully saturated rings. The number of amides is 1. The summed E-state index contributed by atoms with van der Waals surface area (Å²) >= 11 is 0. The minimum Gasteiger partial charge on any atom is -0.381 e. The molecule has 0 aromatic heterocycles. The van der Waals surface area contributed by atoms with Crippen molar-refractivity contribution in [1.29, 1.82) is 0 Å². The summed E-state index contributed by atoms with van der Waals surface area (Å²) in [5.74, 6) is 0.388. The second-order valence-electron chi connectivity index (χ2n) is 4.87. The minimum absolute atomic E-state index is 0.186. The lowest BCUT2D eigenvalue weighted by Crippen LogP contribution is -2.36. The fraction of sp³-hybridized carbons (Fsp3) is 0.923. The van der Waals surface area contributed by atoms with E-state index < -0.39 is 0 Å². The van der Waals surface area contributed by atoms with Crippen LogP contribution in [0.2, 0.25) is 0 Å². The van der Waals surface area contributed by atoms with E-state index in [-0.39, 0.29) is 11.8 Å². The van der Waals surface area contributed by atoms with Crippen LogP contribution in [0.3, 0.4) is 0 Å². The van der Waals surface area contributed by atoms with Crippen LogP contribution in [0.15, 0.2) is 0 Å². The molecule has 0 saturated heterocycles. The van der Waals surface area contributed by atoms with E-state index in [1.165, 1.54) is 0 Å². The molecule has 4 heteroatoms. The van der Waals surface area contributed by atoms with Crippen LogP contribution < -0.4 is 11.1 Å². The molecule has 1 rings (SSSR count). The summed E-state index contributed by atoms with van der Waals surface area (Å²) in [5, 5.41) is 2.98. The van der Waals surface area contributed by atoms with Crippen molar-refractivity contribution in [1.82, 2.24) is 5.32 Å². The summed E-state index contributed by atoms with van der Waals surface area (Å²) in [6, 6.07) is 0.307. The van der Waals surface area contributed by atoms with Gasteiger partial charge in [0.25, 0.3) is 0 Å². The van der Waals surface area contributed by atoms with Crippen LogP contribution in [0.4, 0.5) is 0 Å². The molecule has 0 unspecified atom stereocenters. The Hall–Kier alpha value is -0.610. The third-order valence-electron chi connectivity index (χ3n) is 3.26. The normalized spacial score (nSPS) is 24.6. The first kappa shape index (κ1) is 14.5. The highest BCUT2D eigenvalue weighted by molar-refractivity contribution is 5.78. The van der Waals surface area contributed by atoms with Gasteiger partial charge in [-0.1, -0.05) is 6.92 Å². The quantitative estimate of drug-likeness (QED) is 0.664. The molecule has 1 aliphatic carbocycles. The van der Waals surface area contributed by atoms with Gasteiger partial charge >= 0.3 is 0 Å². The van der Waals surface area contributed by atoms with Gasteiger partial charge in [0.2, 0.25) is 5.91 Å². The van der Waals surface area contributed by atoms with Gasteiger partial charge in [0.05, 0.1) is 0 Å². The number of carbonyl (C=O) groups excluding carboxylic acids is 1. The molecule has 100 valence electrons. The lowest BCUT2D eigenvalue weighted by atomic mass is 9.86. The van der Waals surface area contributed by atoms with Crippen molar-refractivity contribution in [2.75, 3.05) is 19.8 Å². The van der Waals surface area contributed by atoms with Crippen molar-refractivity contribution in [2.45, 2.75) is 51.5 Å². The second kappa shape index (κ2) is 8.48. The van der Waals surface area contributed by atoms with Crippen molar-refractivity contribution in [2.24, 2.45) is 11.7 Å². The molecule has 1 amide bonds. The van der Waals surface area contributed by atoms with Gasteiger partial charge < -0.3 is 15.8 Å². The predicted octanol–water partition coefficient (Wildman–Crippen LogP) is 1.44. The van der Waals surface area contributed by atoms with Crippen LogP contribution in [-0.4, -0.2) is 31.7 Å². The van der Waals surface area contributed by atoms with Crippen molar-refractivity contribution in [3.8, 4) is 0 Å². The van der Waals surface area contributed by atoms with Crippen LogP contribution in [-0.2, 0) is 9.53 Å². The Bertz CT molecular complexity index is 213. The van der Waals surface area contributed by atoms with Crippen LogP contribution in [0.1, 0.15) is 45.4 Å². The fourth-order valence-corrected chi connectivity index (χ4v) is 2.16. The zero-order valence-corrected chi connectivity index (χ0v) is 10.9. The van der Waals surface area contributed by atoms with Gasteiger partial charge in [-0.3, -0.25) is 4.79 Å². The van der Waals surface area contributed by atoms with E-state index in [9.17, 15) is 4.79 Å². The van der Waals surface area contributed by atoms with Crippen LogP contribution >= 0.6 is 0 Å². The topological polar surface area (TPSA) is 64.3 Å². The number of rotatable bonds is 7. The predicted molar refractivity (Wildman–Crippen MR) is 68.7 cm³/mol. The molecule has 0 bridgehead atoms. The molecule has 1 saturated carbocycles. The minimum atomic E-state index is 0.186. The molecule has 3 N–H and O–H groups in total. The number of nitrogens with two attached hydrogens (primary N) is 1. The number of nitrogens with one attached hydrogen (secondary N) is 1. The van der Waals surface area contributed by atoms with Crippen molar-refractivity contribution >= 4 is 5.91 Å². The zero-order chi connectivity index (χ0) is 12.5. The van der Waals surface area contributed by atoms with Crippen molar-refractivity contribution < 1.29 is 9.53 Å². The summed E-state index contributed by atoms with van der Waals surface area (Å²) in [6.45, 7) is 4.37. The molecule has 0 aromatic rings. The van der Waals surface area contributed by atoms with Gasteiger partial charge in [-0.05, 0) is 38.5 Å². The van der Waals surface area contributed by atoms with Crippen LogP contribution in [0.25, 0.3) is 0 Å². The molecule has 0 spiro atoms. The Morgan fingerprint density at radius 3 is 2.65 bits per heavy atom. The van der Waals surface area contributed by atoms with Gasteiger partial charge in [-0.2, -0.15) is 0 Å². The summed E-state index contributed by atoms with van der Waals surface area (Å²) in [7, 11) is 0. The number of hydrogen-bond donors (Lipinski definition) is 2. The van der Waals surface area contributed by atoms with Gasteiger partial charge in [0, 0.05) is 31.7 Å². The summed E-state index contributed by atoms with van der Waals surface area (Å²) in [6.07, 6.45) is 5.81. The first-order valence-corrected chi connectivity index (χ1v) is 6.85. The first-order chi connectivity index (χ1) is 8.24. The van der Waals surface area contributed by atoms with Crippen molar-refractivity contribution in [3.63, 3.8) is 0 Å². The van der Waals surface area contributed by atoms with Gasteiger partial charge in [-0.25, -0.2) is 0 Å². The molecule has 17 heavy (non-hydrogen) atoms. The van der Waals surface area contributed by atoms with E-state index in [0.29, 0.717) is 6.04 Å². The number of carbonyl (C=O) groups is 1. The van der Waals surface area contributed by atoms with E-state index >= 15 is 0 Å². The third kappa shape index (κ3) is 6.03. The maximum atomic E-state index is 11.8. The molecule has 0 radical (unpaired) electrons. The average Bonchev–Trinajstić information content (AvgIpc) is 2.34. The Morgan fingerprint density at radius 2 is 2.00 bits per heavy atom. The van der Waals surface area contributed by atoms with Gasteiger partial charge in [0.1, 0.15) is 0 Å². The smallest absolute Gasteiger partial charge is 0.223 e. The summed E-state index contributed by atoms with van der Waals surface area (Å²) in [4.78, 5) is 11.8. The molecular weight excluding hydrogens is 216 g/mol. The SMILES string of the molecule is CCCOCCCNC(=O)C1CCC(N)CC1. The highest BCUT2D eigenvalue weighted by Gasteiger charge is 2.23. The van der Waals surface area contributed by atoms with Crippen LogP contribution in [0.5, 0.6) is 0 Å². The van der Waals surface area contributed by atoms with E-state index in [0.717, 1.165) is 58.3 Å². The van der Waals surface area contributed by atoms with E-state index in [2.05, 4.69) is 12.2 Å². The zero-order valence-electron chi connectivity index (χ0n) is 10.9. The monoisotopic (exact) mass is 242 g/mol. The largest absolute Gasteiger partial charge is 0.381 e.